The highest BCUT2D eigenvalue weighted by molar-refractivity contribution is 7.98. The van der Waals surface area contributed by atoms with E-state index in [1.165, 1.54) is 12.0 Å². The van der Waals surface area contributed by atoms with Crippen LogP contribution in [-0.2, 0) is 11.2 Å². The highest BCUT2D eigenvalue weighted by Crippen LogP contribution is 2.37. The third kappa shape index (κ3) is 5.68. The van der Waals surface area contributed by atoms with E-state index in [9.17, 15) is 4.79 Å². The summed E-state index contributed by atoms with van der Waals surface area (Å²) in [6.45, 7) is 4.44. The Hall–Kier alpha value is -2.68. The fraction of sp³-hybridized carbons (Fsp3) is 0.269. The van der Waals surface area contributed by atoms with E-state index in [4.69, 9.17) is 9.72 Å². The number of carbonyl (C=O) groups is 1. The zero-order chi connectivity index (χ0) is 24.1. The van der Waals surface area contributed by atoms with Crippen molar-refractivity contribution in [3.05, 3.63) is 65.3 Å². The number of esters is 1. The molecule has 0 fully saturated rings. The minimum Gasteiger partial charge on any atom is -0.465 e. The van der Waals surface area contributed by atoms with E-state index in [1.807, 2.05) is 23.6 Å². The molecule has 0 atom stereocenters. The van der Waals surface area contributed by atoms with Crippen molar-refractivity contribution in [2.24, 2.45) is 5.92 Å². The molecular weight excluding hydrogens is 483 g/mol. The van der Waals surface area contributed by atoms with Gasteiger partial charge in [0.25, 0.3) is 0 Å². The highest BCUT2D eigenvalue weighted by Gasteiger charge is 2.19. The Morgan fingerprint density at radius 1 is 1.18 bits per heavy atom. The van der Waals surface area contributed by atoms with E-state index in [1.54, 1.807) is 40.6 Å². The summed E-state index contributed by atoms with van der Waals surface area (Å²) in [6, 6.07) is 14.4. The molecule has 4 rings (SSSR count). The molecule has 0 aliphatic heterocycles. The average molecular weight is 510 g/mol. The van der Waals surface area contributed by atoms with Crippen LogP contribution >= 0.6 is 34.4 Å². The lowest BCUT2D eigenvalue weighted by Crippen LogP contribution is -2.07. The summed E-state index contributed by atoms with van der Waals surface area (Å²) in [5.41, 5.74) is 3.48. The SMILES string of the molecule is COC(=O)c1cc(-c2cccs2)cnc1Nc1nc(CCC(C)C)c(-c2ccc(SC)cc2)s1. The fourth-order valence-corrected chi connectivity index (χ4v) is 5.61. The number of rotatable bonds is 9. The van der Waals surface area contributed by atoms with Gasteiger partial charge < -0.3 is 10.1 Å². The highest BCUT2D eigenvalue weighted by atomic mass is 32.2. The molecule has 3 heterocycles. The molecule has 0 aliphatic rings. The third-order valence-corrected chi connectivity index (χ3v) is 8.06. The molecule has 0 spiro atoms. The predicted octanol–water partition coefficient (Wildman–Crippen LogP) is 7.77. The summed E-state index contributed by atoms with van der Waals surface area (Å²) in [5.74, 6) is 0.598. The molecule has 3 aromatic heterocycles. The van der Waals surface area contributed by atoms with E-state index < -0.39 is 5.97 Å². The Bertz CT molecular complexity index is 1250. The molecule has 34 heavy (non-hydrogen) atoms. The van der Waals surface area contributed by atoms with Gasteiger partial charge in [0.15, 0.2) is 5.13 Å². The lowest BCUT2D eigenvalue weighted by atomic mass is 10.0. The average Bonchev–Trinajstić information content (AvgIpc) is 3.53. The van der Waals surface area contributed by atoms with Gasteiger partial charge in [0, 0.05) is 21.5 Å². The molecule has 0 bridgehead atoms. The summed E-state index contributed by atoms with van der Waals surface area (Å²) >= 11 is 4.91. The third-order valence-electron chi connectivity index (χ3n) is 5.33. The molecule has 0 aliphatic carbocycles. The number of aromatic nitrogens is 2. The number of benzene rings is 1. The topological polar surface area (TPSA) is 64.1 Å². The molecule has 0 saturated heterocycles. The number of carbonyl (C=O) groups excluding carboxylic acids is 1. The van der Waals surface area contributed by atoms with Crippen molar-refractivity contribution in [1.82, 2.24) is 9.97 Å². The van der Waals surface area contributed by atoms with Crippen molar-refractivity contribution in [3.8, 4) is 20.9 Å². The number of thiophene rings is 1. The van der Waals surface area contributed by atoms with Gasteiger partial charge in [-0.15, -0.1) is 23.1 Å². The molecule has 4 aromatic rings. The lowest BCUT2D eigenvalue weighted by molar-refractivity contribution is 0.0601. The van der Waals surface area contributed by atoms with Crippen LogP contribution in [0.3, 0.4) is 0 Å². The quantitative estimate of drug-likeness (QED) is 0.184. The van der Waals surface area contributed by atoms with Gasteiger partial charge in [0.1, 0.15) is 11.4 Å². The number of methoxy groups -OCH3 is 1. The lowest BCUT2D eigenvalue weighted by Gasteiger charge is -2.09. The summed E-state index contributed by atoms with van der Waals surface area (Å²) in [4.78, 5) is 25.5. The number of pyridine rings is 1. The van der Waals surface area contributed by atoms with Crippen molar-refractivity contribution < 1.29 is 9.53 Å². The number of hydrogen-bond acceptors (Lipinski definition) is 8. The molecule has 0 unspecified atom stereocenters. The minimum atomic E-state index is -0.433. The first-order valence-electron chi connectivity index (χ1n) is 11.0. The zero-order valence-electron chi connectivity index (χ0n) is 19.6. The number of anilines is 2. The number of aryl methyl sites for hydroxylation is 1. The normalized spacial score (nSPS) is 11.1. The van der Waals surface area contributed by atoms with Crippen LogP contribution < -0.4 is 5.32 Å². The molecule has 0 radical (unpaired) electrons. The van der Waals surface area contributed by atoms with Crippen molar-refractivity contribution in [2.75, 3.05) is 18.7 Å². The van der Waals surface area contributed by atoms with Crippen LogP contribution in [0, 0.1) is 5.92 Å². The Balaban J connectivity index is 1.69. The number of hydrogen-bond donors (Lipinski definition) is 1. The van der Waals surface area contributed by atoms with Crippen LogP contribution in [0.2, 0.25) is 0 Å². The number of ether oxygens (including phenoxy) is 1. The van der Waals surface area contributed by atoms with Crippen LogP contribution in [0.15, 0.2) is 58.9 Å². The zero-order valence-corrected chi connectivity index (χ0v) is 22.1. The molecule has 0 saturated carbocycles. The van der Waals surface area contributed by atoms with Gasteiger partial charge in [0.05, 0.1) is 17.7 Å². The van der Waals surface area contributed by atoms with Crippen LogP contribution in [0.1, 0.15) is 36.3 Å². The molecular formula is C26H27N3O2S3. The summed E-state index contributed by atoms with van der Waals surface area (Å²) in [7, 11) is 1.38. The summed E-state index contributed by atoms with van der Waals surface area (Å²) in [5, 5.41) is 6.01. The molecule has 8 heteroatoms. The first kappa shape index (κ1) is 24.4. The van der Waals surface area contributed by atoms with Crippen LogP contribution in [0.25, 0.3) is 20.9 Å². The molecule has 1 aromatic carbocycles. The second-order valence-electron chi connectivity index (χ2n) is 8.17. The summed E-state index contributed by atoms with van der Waals surface area (Å²) < 4.78 is 5.04. The van der Waals surface area contributed by atoms with Gasteiger partial charge in [0.2, 0.25) is 0 Å². The van der Waals surface area contributed by atoms with E-state index in [0.29, 0.717) is 22.4 Å². The fourth-order valence-electron chi connectivity index (χ4n) is 3.48. The van der Waals surface area contributed by atoms with E-state index >= 15 is 0 Å². The van der Waals surface area contributed by atoms with Gasteiger partial charge in [-0.1, -0.05) is 43.4 Å². The molecule has 0 amide bonds. The molecule has 5 nitrogen and oxygen atoms in total. The van der Waals surface area contributed by atoms with Crippen molar-refractivity contribution in [1.29, 1.82) is 0 Å². The van der Waals surface area contributed by atoms with Crippen molar-refractivity contribution in [3.63, 3.8) is 0 Å². The van der Waals surface area contributed by atoms with Gasteiger partial charge in [-0.05, 0) is 60.2 Å². The molecule has 176 valence electrons. The number of nitrogens with one attached hydrogen (secondary N) is 1. The number of nitrogens with zero attached hydrogens (tertiary/aromatic N) is 2. The first-order valence-corrected chi connectivity index (χ1v) is 13.9. The number of thioether (sulfide) groups is 1. The van der Waals surface area contributed by atoms with Crippen LogP contribution in [0.4, 0.5) is 10.9 Å². The summed E-state index contributed by atoms with van der Waals surface area (Å²) in [6.07, 6.45) is 5.80. The Kier molecular flexibility index (Phi) is 8.03. The van der Waals surface area contributed by atoms with E-state index in [0.717, 1.165) is 39.4 Å². The minimum absolute atomic E-state index is 0.387. The van der Waals surface area contributed by atoms with Gasteiger partial charge in [-0.3, -0.25) is 0 Å². The first-order chi connectivity index (χ1) is 16.5. The van der Waals surface area contributed by atoms with E-state index in [2.05, 4.69) is 54.7 Å². The maximum atomic E-state index is 12.6. The van der Waals surface area contributed by atoms with Crippen LogP contribution in [0.5, 0.6) is 0 Å². The molecule has 1 N–H and O–H groups in total. The predicted molar refractivity (Wildman–Crippen MR) is 145 cm³/mol. The van der Waals surface area contributed by atoms with Gasteiger partial charge in [-0.2, -0.15) is 0 Å². The largest absolute Gasteiger partial charge is 0.465 e. The second kappa shape index (κ2) is 11.2. The maximum absolute atomic E-state index is 12.6. The van der Waals surface area contributed by atoms with Gasteiger partial charge >= 0.3 is 5.97 Å². The standard InChI is InChI=1S/C26H27N3O2S3/c1-16(2)7-12-21-23(17-8-10-19(32-4)11-9-17)34-26(28-21)29-24-20(25(30)31-3)14-18(15-27-24)22-6-5-13-33-22/h5-6,8-11,13-16H,7,12H2,1-4H3,(H,27,28,29). The Labute approximate surface area is 212 Å². The van der Waals surface area contributed by atoms with Crippen molar-refractivity contribution >= 4 is 51.4 Å². The number of thiazole rings is 1. The van der Waals surface area contributed by atoms with Crippen molar-refractivity contribution in [2.45, 2.75) is 31.6 Å². The smallest absolute Gasteiger partial charge is 0.341 e. The van der Waals surface area contributed by atoms with Crippen LogP contribution in [-0.4, -0.2) is 29.3 Å². The Morgan fingerprint density at radius 2 is 1.97 bits per heavy atom. The second-order valence-corrected chi connectivity index (χ2v) is 11.0. The maximum Gasteiger partial charge on any atom is 0.341 e. The van der Waals surface area contributed by atoms with E-state index in [-0.39, 0.29) is 0 Å². The van der Waals surface area contributed by atoms with Gasteiger partial charge in [-0.25, -0.2) is 14.8 Å². The Morgan fingerprint density at radius 3 is 2.62 bits per heavy atom. The monoisotopic (exact) mass is 509 g/mol.